The number of anilines is 9. The highest BCUT2D eigenvalue weighted by atomic mass is 19.1. The molecule has 36 nitrogen and oxygen atoms in total. The van der Waals surface area contributed by atoms with E-state index in [-0.39, 0.29) is 29.4 Å². The van der Waals surface area contributed by atoms with Gasteiger partial charge in [-0.25, -0.2) is 49.2 Å². The quantitative estimate of drug-likeness (QED) is 0.0272. The number of ether oxygens (including phenoxy) is 3. The maximum Gasteiger partial charge on any atom is 0.256 e. The summed E-state index contributed by atoms with van der Waals surface area (Å²) in [6.45, 7) is 25.3. The molecule has 0 saturated carbocycles. The van der Waals surface area contributed by atoms with E-state index >= 15 is 0 Å². The normalized spacial score (nSPS) is 17.1. The first-order valence-electron chi connectivity index (χ1n) is 39.4. The van der Waals surface area contributed by atoms with Gasteiger partial charge in [-0.1, -0.05) is 13.8 Å². The molecule has 118 heavy (non-hydrogen) atoms. The largest absolute Gasteiger partial charge is 0.478 e. The van der Waals surface area contributed by atoms with E-state index < -0.39 is 18.6 Å². The first kappa shape index (κ1) is 83.8. The molecule has 12 aromatic rings. The molecule has 0 aliphatic carbocycles. The first-order valence-corrected chi connectivity index (χ1v) is 39.4. The number of aromatic nitrogens is 18. The van der Waals surface area contributed by atoms with Crippen molar-refractivity contribution in [3.05, 3.63) is 109 Å². The zero-order valence-electron chi connectivity index (χ0n) is 70.3. The Balaban J connectivity index is 0.000000154. The number of nitrogens with one attached hydrogen (secondary N) is 9. The van der Waals surface area contributed by atoms with Gasteiger partial charge in [0.1, 0.15) is 29.8 Å². The third-order valence-corrected chi connectivity index (χ3v) is 22.1. The van der Waals surface area contributed by atoms with Gasteiger partial charge in [-0.05, 0) is 117 Å². The number of rotatable bonds is 24. The summed E-state index contributed by atoms with van der Waals surface area (Å²) in [6, 6.07) is 5.12. The second kappa shape index (κ2) is 36.1. The molecule has 3 fully saturated rings. The molecule has 624 valence electrons. The number of methoxy groups -OCH3 is 3. The van der Waals surface area contributed by atoms with Crippen LogP contribution < -0.4 is 46.1 Å². The summed E-state index contributed by atoms with van der Waals surface area (Å²) in [6.07, 6.45) is 22.8. The zero-order valence-corrected chi connectivity index (χ0v) is 70.3. The molecule has 0 radical (unpaired) electrons. The number of nitrogens with zero attached hydrogens (tertiary/aromatic N) is 21. The van der Waals surface area contributed by atoms with Crippen LogP contribution >= 0.6 is 0 Å². The van der Waals surface area contributed by atoms with Crippen molar-refractivity contribution in [1.82, 2.24) is 119 Å². The molecule has 37 heteroatoms. The second-order valence-corrected chi connectivity index (χ2v) is 31.0. The lowest BCUT2D eigenvalue weighted by Gasteiger charge is -2.49. The van der Waals surface area contributed by atoms with E-state index in [2.05, 4.69) is 172 Å². The maximum atomic E-state index is 13.9. The van der Waals surface area contributed by atoms with E-state index in [1.807, 2.05) is 83.6 Å². The number of piperazine rings is 3. The maximum absolute atomic E-state index is 13.9. The lowest BCUT2D eigenvalue weighted by atomic mass is 9.95. The Morgan fingerprint density at radius 3 is 1.20 bits per heavy atom. The Morgan fingerprint density at radius 2 is 0.856 bits per heavy atom. The summed E-state index contributed by atoms with van der Waals surface area (Å²) in [5.41, 5.74) is 11.5. The van der Waals surface area contributed by atoms with Gasteiger partial charge in [0.15, 0.2) is 17.5 Å². The van der Waals surface area contributed by atoms with E-state index in [9.17, 15) is 18.8 Å². The molecule has 4 unspecified atom stereocenters. The van der Waals surface area contributed by atoms with Crippen molar-refractivity contribution in [1.29, 1.82) is 0 Å². The number of hydrogen-bond acceptors (Lipinski definition) is 27. The minimum absolute atomic E-state index is 0.0438. The summed E-state index contributed by atoms with van der Waals surface area (Å²) in [7, 11) is 16.4. The van der Waals surface area contributed by atoms with E-state index in [0.717, 1.165) is 124 Å². The smallest absolute Gasteiger partial charge is 0.256 e. The Bertz CT molecular complexity index is 5530. The molecule has 3 aliphatic rings. The SMILES string of the molecule is CCC(C(=O)Nc1nccc2c(-c3nc(Nc4cn(C)nc4OC)ncc3C)c[nH]c12)N1CC(C)N(C)C(C)C1.CCC(C(=O)Nc1nccc2c(-c3nc(Nc4cn(C)nc4OC)ncc3C)c[nH]c12)N1CCN(C)CC1(C)C.COc1nn(C)cc1Nc1ncc(C)c(-c2c[nH]c3c(NC(=O)[C@@H](CF)N4CCN(C)CC4)nccc23)n1. The van der Waals surface area contributed by atoms with Crippen molar-refractivity contribution >= 4 is 103 Å². The molecular formula is C81H107FN30O6. The Kier molecular flexibility index (Phi) is 25.7. The molecule has 15 rings (SSSR count). The number of pyridine rings is 3. The van der Waals surface area contributed by atoms with Crippen molar-refractivity contribution in [3.8, 4) is 51.4 Å². The predicted octanol–water partition coefficient (Wildman–Crippen LogP) is 9.45. The first-order chi connectivity index (χ1) is 56.7. The van der Waals surface area contributed by atoms with Crippen molar-refractivity contribution in [2.75, 3.05) is 140 Å². The van der Waals surface area contributed by atoms with Crippen molar-refractivity contribution < 1.29 is 33.0 Å². The van der Waals surface area contributed by atoms with Crippen LogP contribution in [0.4, 0.5) is 56.8 Å². The Hall–Kier alpha value is -12.2. The lowest BCUT2D eigenvalue weighted by Crippen LogP contribution is -2.63. The third-order valence-electron chi connectivity index (χ3n) is 22.1. The van der Waals surface area contributed by atoms with Crippen LogP contribution in [-0.4, -0.2) is 280 Å². The van der Waals surface area contributed by atoms with E-state index in [1.54, 1.807) is 98.2 Å². The summed E-state index contributed by atoms with van der Waals surface area (Å²) in [5, 5.41) is 34.0. The highest BCUT2D eigenvalue weighted by molar-refractivity contribution is 6.08. The van der Waals surface area contributed by atoms with Gasteiger partial charge in [-0.2, -0.15) is 0 Å². The molecule has 3 aliphatic heterocycles. The fraction of sp³-hybridized carbons (Fsp3) is 0.444. The number of amides is 3. The molecule has 15 heterocycles. The van der Waals surface area contributed by atoms with Crippen LogP contribution in [-0.2, 0) is 35.5 Å². The van der Waals surface area contributed by atoms with Crippen molar-refractivity contribution in [2.24, 2.45) is 21.1 Å². The van der Waals surface area contributed by atoms with Crippen LogP contribution in [0, 0.1) is 20.8 Å². The zero-order chi connectivity index (χ0) is 84.0. The van der Waals surface area contributed by atoms with Gasteiger partial charge in [-0.15, -0.1) is 15.3 Å². The number of alkyl halides is 1. The van der Waals surface area contributed by atoms with Gasteiger partial charge < -0.3 is 70.9 Å². The molecule has 0 aromatic carbocycles. The fourth-order valence-corrected chi connectivity index (χ4v) is 15.7. The lowest BCUT2D eigenvalue weighted by molar-refractivity contribution is -0.126. The van der Waals surface area contributed by atoms with Crippen LogP contribution in [0.25, 0.3) is 66.5 Å². The third kappa shape index (κ3) is 18.2. The summed E-state index contributed by atoms with van der Waals surface area (Å²) in [4.78, 5) is 104. The number of aromatic amines is 3. The number of carbonyl (C=O) groups excluding carboxylic acids is 3. The molecule has 5 atom stereocenters. The van der Waals surface area contributed by atoms with Gasteiger partial charge in [0, 0.05) is 186 Å². The fourth-order valence-electron chi connectivity index (χ4n) is 15.7. The van der Waals surface area contributed by atoms with Gasteiger partial charge in [0.25, 0.3) is 17.6 Å². The second-order valence-electron chi connectivity index (χ2n) is 31.0. The van der Waals surface area contributed by atoms with Gasteiger partial charge in [0.2, 0.25) is 35.6 Å². The van der Waals surface area contributed by atoms with Gasteiger partial charge in [0.05, 0.1) is 85.6 Å². The molecule has 3 saturated heterocycles. The predicted molar refractivity (Wildman–Crippen MR) is 454 cm³/mol. The van der Waals surface area contributed by atoms with Gasteiger partial charge >= 0.3 is 0 Å². The summed E-state index contributed by atoms with van der Waals surface area (Å²) in [5.74, 6) is 3.41. The Morgan fingerprint density at radius 1 is 0.500 bits per heavy atom. The molecule has 12 aromatic heterocycles. The van der Waals surface area contributed by atoms with Crippen molar-refractivity contribution in [3.63, 3.8) is 0 Å². The van der Waals surface area contributed by atoms with E-state index in [4.69, 9.17) is 29.2 Å². The molecule has 9 N–H and O–H groups in total. The number of H-pyrrole nitrogens is 3. The van der Waals surface area contributed by atoms with E-state index in [0.29, 0.717) is 113 Å². The number of halogens is 1. The minimum Gasteiger partial charge on any atom is -0.478 e. The monoisotopic (exact) mass is 1610 g/mol. The highest BCUT2D eigenvalue weighted by Crippen LogP contribution is 2.39. The van der Waals surface area contributed by atoms with Crippen LogP contribution in [0.2, 0.25) is 0 Å². The van der Waals surface area contributed by atoms with Crippen LogP contribution in [0.1, 0.15) is 71.1 Å². The van der Waals surface area contributed by atoms with Crippen molar-refractivity contribution in [2.45, 2.75) is 111 Å². The van der Waals surface area contributed by atoms with E-state index in [1.165, 1.54) is 0 Å². The Labute approximate surface area is 683 Å². The average Bonchev–Trinajstić information content (AvgIpc) is 1.59. The molecular weight excluding hydrogens is 1510 g/mol. The summed E-state index contributed by atoms with van der Waals surface area (Å²) >= 11 is 0. The standard InChI is InChI=1S/2C28H38N10O2.C25H31FN10O2/c1-8-22(38-13-17(3)37(6)18(4)14-38)26(39)34-25-24-19(9-10-29-25)20(12-30-24)23-16(2)11-31-28(33-23)32-21-15-36(5)35-27(21)40-7;1-8-21(38-12-11-36(5)16-28(38,3)4)25(39)34-24-23-18(9-10-29-24)19(14-30-23)22-17(2)13-31-27(33-22)32-20-15-37(6)35-26(20)40-7;1-15-12-29-25(30-18-14-35(3)33-24(18)38-4)31-20(15)17-13-28-21-16(17)5-6-27-22(21)32-23(37)19(11-26)36-9-7-34(2)8-10-36/h9-12,15,17-18,22,30H,8,13-14H2,1-7H3,(H,29,34,39)(H,31,32,33);9-10,13-15,21,30H,8,11-12,16H2,1-7H3,(H,29,34,39)(H,31,32,33);5-6,12-14,19,28H,7-11H2,1-4H3,(H,27,32,37)(H,29,30,31)/t;;19-/m..1/s1. The number of carbonyl (C=O) groups is 3. The molecule has 0 spiro atoms. The number of hydrogen-bond donors (Lipinski definition) is 9. The van der Waals surface area contributed by atoms with Crippen LogP contribution in [0.15, 0.2) is 92.6 Å². The summed E-state index contributed by atoms with van der Waals surface area (Å²) < 4.78 is 34.9. The van der Waals surface area contributed by atoms with Gasteiger partial charge in [-0.3, -0.25) is 48.0 Å². The number of aryl methyl sites for hydroxylation is 6. The number of fused-ring (bicyclic) bond motifs is 3. The number of likely N-dealkylation sites (N-methyl/N-ethyl adjacent to an activating group) is 3. The highest BCUT2D eigenvalue weighted by Gasteiger charge is 2.40. The minimum atomic E-state index is -0.864. The molecule has 0 bridgehead atoms. The topological polar surface area (TPSA) is 387 Å². The molecule has 3 amide bonds. The average molecular weight is 1620 g/mol. The van der Waals surface area contributed by atoms with Crippen LogP contribution in [0.5, 0.6) is 17.6 Å². The van der Waals surface area contributed by atoms with Crippen LogP contribution in [0.3, 0.4) is 0 Å².